The lowest BCUT2D eigenvalue weighted by Crippen LogP contribution is -2.53. The number of benzene rings is 1. The van der Waals surface area contributed by atoms with Crippen LogP contribution < -0.4 is 4.90 Å². The van der Waals surface area contributed by atoms with Crippen molar-refractivity contribution < 1.29 is 16.8 Å². The van der Waals surface area contributed by atoms with E-state index in [1.54, 1.807) is 35.0 Å². The Morgan fingerprint density at radius 1 is 1.12 bits per heavy atom. The van der Waals surface area contributed by atoms with Crippen LogP contribution in [0.3, 0.4) is 0 Å². The van der Waals surface area contributed by atoms with E-state index in [4.69, 9.17) is 0 Å². The van der Waals surface area contributed by atoms with E-state index in [0.717, 1.165) is 16.9 Å². The van der Waals surface area contributed by atoms with Crippen molar-refractivity contribution in [1.29, 1.82) is 5.26 Å². The molecule has 0 amide bonds. The van der Waals surface area contributed by atoms with Crippen LogP contribution in [0.1, 0.15) is 29.7 Å². The van der Waals surface area contributed by atoms with Gasteiger partial charge in [0.05, 0.1) is 36.5 Å². The fourth-order valence-corrected chi connectivity index (χ4v) is 8.11. The van der Waals surface area contributed by atoms with E-state index in [1.165, 1.54) is 22.8 Å². The molecule has 2 aliphatic heterocycles. The summed E-state index contributed by atoms with van der Waals surface area (Å²) in [5.74, 6) is -0.00569. The molecular formula is C27H33N7O4S2. The number of piperidine rings is 1. The van der Waals surface area contributed by atoms with Gasteiger partial charge in [-0.15, -0.1) is 0 Å². The molecule has 1 unspecified atom stereocenters. The number of aryl methyl sites for hydroxylation is 1. The molecule has 1 saturated heterocycles. The topological polar surface area (TPSA) is 132 Å². The molecule has 0 N–H and O–H groups in total. The lowest BCUT2D eigenvalue weighted by Gasteiger charge is -2.42. The monoisotopic (exact) mass is 583 g/mol. The maximum atomic E-state index is 14.1. The minimum atomic E-state index is -3.97. The fraction of sp³-hybridized carbons (Fsp3) is 0.444. The Hall–Kier alpha value is -3.31. The molecule has 2 aliphatic rings. The zero-order valence-corrected chi connectivity index (χ0v) is 24.2. The van der Waals surface area contributed by atoms with Gasteiger partial charge in [-0.3, -0.25) is 0 Å². The first-order valence-corrected chi connectivity index (χ1v) is 16.5. The maximum absolute atomic E-state index is 14.1. The fourth-order valence-electron chi connectivity index (χ4n) is 5.61. The molecule has 0 spiro atoms. The van der Waals surface area contributed by atoms with Crippen molar-refractivity contribution in [2.75, 3.05) is 37.3 Å². The molecule has 1 aromatic carbocycles. The van der Waals surface area contributed by atoms with E-state index >= 15 is 0 Å². The predicted molar refractivity (Wildman–Crippen MR) is 150 cm³/mol. The average Bonchev–Trinajstić information content (AvgIpc) is 3.35. The lowest BCUT2D eigenvalue weighted by molar-refractivity contribution is 0.208. The quantitative estimate of drug-likeness (QED) is 0.393. The molecule has 5 rings (SSSR count). The normalized spacial score (nSPS) is 18.9. The van der Waals surface area contributed by atoms with Crippen LogP contribution in [-0.4, -0.2) is 78.5 Å². The van der Waals surface area contributed by atoms with E-state index in [1.807, 2.05) is 23.7 Å². The number of hydrogen-bond donors (Lipinski definition) is 0. The van der Waals surface area contributed by atoms with E-state index in [9.17, 15) is 22.1 Å². The van der Waals surface area contributed by atoms with Gasteiger partial charge in [-0.05, 0) is 61.1 Å². The van der Waals surface area contributed by atoms with Gasteiger partial charge in [-0.2, -0.15) is 9.57 Å². The summed E-state index contributed by atoms with van der Waals surface area (Å²) >= 11 is 0. The number of nitriles is 1. The summed E-state index contributed by atoms with van der Waals surface area (Å²) in [5, 5.41) is 9.54. The third kappa shape index (κ3) is 5.90. The molecule has 0 saturated carbocycles. The van der Waals surface area contributed by atoms with Crippen molar-refractivity contribution in [1.82, 2.24) is 23.1 Å². The van der Waals surface area contributed by atoms with Crippen molar-refractivity contribution >= 4 is 25.7 Å². The average molecular weight is 584 g/mol. The van der Waals surface area contributed by atoms with Gasteiger partial charge in [0.2, 0.25) is 10.0 Å². The second-order valence-corrected chi connectivity index (χ2v) is 14.4. The molecule has 1 atom stereocenters. The van der Waals surface area contributed by atoms with Crippen LogP contribution in [0.4, 0.5) is 5.69 Å². The molecule has 0 aliphatic carbocycles. The number of imidazole rings is 1. The maximum Gasteiger partial charge on any atom is 0.260 e. The molecular weight excluding hydrogens is 550 g/mol. The Bertz CT molecular complexity index is 1610. The van der Waals surface area contributed by atoms with Crippen LogP contribution in [0.25, 0.3) is 0 Å². The Labute approximate surface area is 235 Å². The summed E-state index contributed by atoms with van der Waals surface area (Å²) in [6.07, 6.45) is 7.80. The van der Waals surface area contributed by atoms with E-state index in [0.29, 0.717) is 51.0 Å². The largest absolute Gasteiger partial charge is 0.364 e. The number of nitrogens with zero attached hydrogens (tertiary/aromatic N) is 7. The molecule has 0 bridgehead atoms. The van der Waals surface area contributed by atoms with Crippen LogP contribution in [0.5, 0.6) is 0 Å². The molecule has 212 valence electrons. The lowest BCUT2D eigenvalue weighted by atomic mass is 9.94. The minimum absolute atomic E-state index is 0.00569. The van der Waals surface area contributed by atoms with Gasteiger partial charge in [0.25, 0.3) is 10.0 Å². The second-order valence-electron chi connectivity index (χ2n) is 10.5. The summed E-state index contributed by atoms with van der Waals surface area (Å²) in [7, 11) is -5.35. The highest BCUT2D eigenvalue weighted by Crippen LogP contribution is 2.34. The second kappa shape index (κ2) is 11.3. The number of rotatable bonds is 8. The number of pyridine rings is 1. The standard InChI is InChI=1S/C27H33N7O4S2/c1-31-20-29-16-25(31)19-32-18-24(14-23-13-22(15-28)6-7-26(23)32)34(40(37,38)27-5-3-4-10-30-27)17-21-8-11-33(12-9-21)39(2,35)36/h3-7,10,13,16,20-21,24H,8-9,11-12,14,17-19H2,1-2H3. The van der Waals surface area contributed by atoms with Crippen molar-refractivity contribution in [3.05, 3.63) is 71.9 Å². The Balaban J connectivity index is 1.50. The van der Waals surface area contributed by atoms with Crippen molar-refractivity contribution in [2.24, 2.45) is 13.0 Å². The first kappa shape index (κ1) is 28.2. The van der Waals surface area contributed by atoms with E-state index in [-0.39, 0.29) is 17.5 Å². The summed E-state index contributed by atoms with van der Waals surface area (Å²) in [6.45, 7) is 1.96. The van der Waals surface area contributed by atoms with Gasteiger partial charge in [-0.1, -0.05) is 6.07 Å². The first-order valence-electron chi connectivity index (χ1n) is 13.2. The zero-order valence-electron chi connectivity index (χ0n) is 22.6. The van der Waals surface area contributed by atoms with Crippen molar-refractivity contribution in [3.8, 4) is 6.07 Å². The number of anilines is 1. The highest BCUT2D eigenvalue weighted by atomic mass is 32.2. The number of hydrogen-bond acceptors (Lipinski definition) is 8. The molecule has 3 aromatic rings. The smallest absolute Gasteiger partial charge is 0.260 e. The summed E-state index contributed by atoms with van der Waals surface area (Å²) in [5.41, 5.74) is 3.37. The Kier molecular flexibility index (Phi) is 7.96. The molecule has 13 heteroatoms. The predicted octanol–water partition coefficient (Wildman–Crippen LogP) is 1.98. The van der Waals surface area contributed by atoms with Crippen LogP contribution in [0, 0.1) is 17.2 Å². The number of fused-ring (bicyclic) bond motifs is 1. The zero-order chi connectivity index (χ0) is 28.5. The highest BCUT2D eigenvalue weighted by Gasteiger charge is 2.39. The Morgan fingerprint density at radius 3 is 2.52 bits per heavy atom. The number of sulfonamides is 2. The molecule has 40 heavy (non-hydrogen) atoms. The molecule has 2 aromatic heterocycles. The van der Waals surface area contributed by atoms with Gasteiger partial charge in [-0.25, -0.2) is 31.1 Å². The van der Waals surface area contributed by atoms with Crippen LogP contribution in [0.15, 0.2) is 60.1 Å². The summed E-state index contributed by atoms with van der Waals surface area (Å²) in [6, 6.07) is 12.2. The third-order valence-corrected chi connectivity index (χ3v) is 10.9. The van der Waals surface area contributed by atoms with Gasteiger partial charge >= 0.3 is 0 Å². The van der Waals surface area contributed by atoms with Crippen molar-refractivity contribution in [3.63, 3.8) is 0 Å². The van der Waals surface area contributed by atoms with Crippen molar-refractivity contribution in [2.45, 2.75) is 36.9 Å². The van der Waals surface area contributed by atoms with Gasteiger partial charge < -0.3 is 9.47 Å². The Morgan fingerprint density at radius 2 is 1.90 bits per heavy atom. The first-order chi connectivity index (χ1) is 19.1. The molecule has 11 nitrogen and oxygen atoms in total. The van der Waals surface area contributed by atoms with E-state index in [2.05, 4.69) is 20.9 Å². The molecule has 1 fully saturated rings. The SMILES string of the molecule is Cn1cncc1CN1CC(N(CC2CCN(S(C)(=O)=O)CC2)S(=O)(=O)c2ccccn2)Cc2cc(C#N)ccc21. The van der Waals surface area contributed by atoms with Gasteiger partial charge in [0.1, 0.15) is 0 Å². The van der Waals surface area contributed by atoms with Gasteiger partial charge in [0.15, 0.2) is 5.03 Å². The van der Waals surface area contributed by atoms with Gasteiger partial charge in [0, 0.05) is 57.3 Å². The summed E-state index contributed by atoms with van der Waals surface area (Å²) in [4.78, 5) is 10.6. The number of aromatic nitrogens is 3. The van der Waals surface area contributed by atoms with Crippen LogP contribution in [-0.2, 0) is 40.1 Å². The highest BCUT2D eigenvalue weighted by molar-refractivity contribution is 7.89. The summed E-state index contributed by atoms with van der Waals surface area (Å²) < 4.78 is 57.3. The van der Waals surface area contributed by atoms with Crippen LogP contribution in [0.2, 0.25) is 0 Å². The molecule has 4 heterocycles. The molecule has 0 radical (unpaired) electrons. The third-order valence-electron chi connectivity index (χ3n) is 7.80. The minimum Gasteiger partial charge on any atom is -0.364 e. The van der Waals surface area contributed by atoms with Crippen LogP contribution >= 0.6 is 0 Å². The van der Waals surface area contributed by atoms with E-state index < -0.39 is 26.1 Å².